The van der Waals surface area contributed by atoms with E-state index in [1.54, 1.807) is 7.11 Å². The normalized spacial score (nSPS) is 40.0. The summed E-state index contributed by atoms with van der Waals surface area (Å²) in [5.41, 5.74) is 4.35. The monoisotopic (exact) mass is 258 g/mol. The lowest BCUT2D eigenvalue weighted by molar-refractivity contribution is 0.371. The number of ether oxygens (including phenoxy) is 1. The minimum Gasteiger partial charge on any atom is -0.497 e. The third-order valence-corrected chi connectivity index (χ3v) is 5.81. The number of fused-ring (bicyclic) bond motifs is 5. The zero-order chi connectivity index (χ0) is 13.0. The molecule has 3 saturated carbocycles. The van der Waals surface area contributed by atoms with Gasteiger partial charge in [0.15, 0.2) is 0 Å². The lowest BCUT2D eigenvalue weighted by atomic mass is 9.93. The molecule has 102 valence electrons. The van der Waals surface area contributed by atoms with E-state index in [9.17, 15) is 0 Å². The number of hydrogen-bond donors (Lipinski definition) is 2. The summed E-state index contributed by atoms with van der Waals surface area (Å²) in [5, 5.41) is 0. The molecule has 5 unspecified atom stereocenters. The summed E-state index contributed by atoms with van der Waals surface area (Å²) in [6, 6.07) is 8.65. The van der Waals surface area contributed by atoms with Gasteiger partial charge in [-0.2, -0.15) is 0 Å². The highest BCUT2D eigenvalue weighted by Crippen LogP contribution is 2.72. The van der Waals surface area contributed by atoms with Crippen LogP contribution in [0.2, 0.25) is 0 Å². The number of hydrogen-bond acceptors (Lipinski definition) is 3. The van der Waals surface area contributed by atoms with Crippen LogP contribution in [0.4, 0.5) is 0 Å². The van der Waals surface area contributed by atoms with Gasteiger partial charge in [-0.1, -0.05) is 12.1 Å². The highest BCUT2D eigenvalue weighted by atomic mass is 16.5. The molecule has 3 aliphatic rings. The summed E-state index contributed by atoms with van der Waals surface area (Å²) in [6.07, 6.45) is 4.40. The van der Waals surface area contributed by atoms with Gasteiger partial charge in [-0.15, -0.1) is 0 Å². The maximum atomic E-state index is 5.86. The van der Waals surface area contributed by atoms with Crippen LogP contribution in [-0.4, -0.2) is 7.11 Å². The molecule has 0 saturated heterocycles. The predicted molar refractivity (Wildman–Crippen MR) is 74.4 cm³/mol. The van der Waals surface area contributed by atoms with Gasteiger partial charge in [-0.3, -0.25) is 11.3 Å². The third-order valence-electron chi connectivity index (χ3n) is 5.81. The summed E-state index contributed by atoms with van der Waals surface area (Å²) in [6.45, 7) is 0. The zero-order valence-electron chi connectivity index (χ0n) is 11.4. The molecule has 0 aliphatic heterocycles. The van der Waals surface area contributed by atoms with Gasteiger partial charge in [-0.25, -0.2) is 0 Å². The minimum atomic E-state index is 0.300. The van der Waals surface area contributed by atoms with Gasteiger partial charge >= 0.3 is 0 Å². The van der Waals surface area contributed by atoms with Crippen molar-refractivity contribution in [2.45, 2.75) is 25.3 Å². The summed E-state index contributed by atoms with van der Waals surface area (Å²) >= 11 is 0. The van der Waals surface area contributed by atoms with Crippen molar-refractivity contribution in [3.8, 4) is 5.75 Å². The lowest BCUT2D eigenvalue weighted by Gasteiger charge is -2.20. The molecule has 2 bridgehead atoms. The number of rotatable bonds is 4. The van der Waals surface area contributed by atoms with E-state index in [-0.39, 0.29) is 0 Å². The number of benzene rings is 1. The third kappa shape index (κ3) is 1.65. The Labute approximate surface area is 114 Å². The average Bonchev–Trinajstić information content (AvgIpc) is 2.87. The van der Waals surface area contributed by atoms with Crippen LogP contribution >= 0.6 is 0 Å². The molecule has 3 fully saturated rings. The number of nitrogens with two attached hydrogens (primary N) is 1. The average molecular weight is 258 g/mol. The first-order chi connectivity index (χ1) is 9.33. The molecule has 19 heavy (non-hydrogen) atoms. The van der Waals surface area contributed by atoms with E-state index in [1.807, 2.05) is 6.07 Å². The van der Waals surface area contributed by atoms with Gasteiger partial charge < -0.3 is 4.74 Å². The number of hydrazine groups is 1. The summed E-state index contributed by atoms with van der Waals surface area (Å²) in [4.78, 5) is 0. The molecule has 5 atom stereocenters. The molecule has 0 spiro atoms. The van der Waals surface area contributed by atoms with E-state index >= 15 is 0 Å². The predicted octanol–water partition coefficient (Wildman–Crippen LogP) is 2.49. The van der Waals surface area contributed by atoms with E-state index < -0.39 is 0 Å². The van der Waals surface area contributed by atoms with Crippen LogP contribution in [0.15, 0.2) is 24.3 Å². The second kappa shape index (κ2) is 4.22. The van der Waals surface area contributed by atoms with Gasteiger partial charge in [0.25, 0.3) is 0 Å². The van der Waals surface area contributed by atoms with Crippen molar-refractivity contribution in [1.29, 1.82) is 0 Å². The molecular weight excluding hydrogens is 236 g/mol. The van der Waals surface area contributed by atoms with Crippen molar-refractivity contribution >= 4 is 0 Å². The van der Waals surface area contributed by atoms with E-state index in [1.165, 1.54) is 24.8 Å². The fourth-order valence-electron chi connectivity index (χ4n) is 5.10. The molecule has 3 N–H and O–H groups in total. The van der Waals surface area contributed by atoms with Gasteiger partial charge in [-0.05, 0) is 66.5 Å². The molecule has 1 aromatic carbocycles. The first-order valence-electron chi connectivity index (χ1n) is 7.43. The molecule has 0 amide bonds. The summed E-state index contributed by atoms with van der Waals surface area (Å²) < 4.78 is 5.33. The molecule has 4 rings (SSSR count). The Bertz CT molecular complexity index is 473. The van der Waals surface area contributed by atoms with Crippen molar-refractivity contribution in [1.82, 2.24) is 5.43 Å². The van der Waals surface area contributed by atoms with Crippen LogP contribution in [0.3, 0.4) is 0 Å². The van der Waals surface area contributed by atoms with Gasteiger partial charge in [0.1, 0.15) is 5.75 Å². The van der Waals surface area contributed by atoms with Crippen LogP contribution in [-0.2, 0) is 0 Å². The van der Waals surface area contributed by atoms with Crippen LogP contribution in [0, 0.1) is 29.6 Å². The molecule has 3 aliphatic carbocycles. The largest absolute Gasteiger partial charge is 0.497 e. The number of nitrogens with one attached hydrogen (secondary N) is 1. The second-order valence-corrected chi connectivity index (χ2v) is 6.49. The van der Waals surface area contributed by atoms with Crippen molar-refractivity contribution in [3.05, 3.63) is 29.8 Å². The first kappa shape index (κ1) is 11.7. The highest BCUT2D eigenvalue weighted by Gasteiger charge is 2.66. The molecule has 3 nitrogen and oxygen atoms in total. The fraction of sp³-hybridized carbons (Fsp3) is 0.625. The molecule has 0 heterocycles. The van der Waals surface area contributed by atoms with Gasteiger partial charge in [0.05, 0.1) is 7.11 Å². The molecule has 3 heteroatoms. The number of methoxy groups -OCH3 is 1. The minimum absolute atomic E-state index is 0.300. The van der Waals surface area contributed by atoms with Crippen molar-refractivity contribution in [2.75, 3.05) is 7.11 Å². The molecular formula is C16H22N2O. The SMILES string of the molecule is COc1cccc(C(NN)C2C3C4CCC(C4)C32)c1. The van der Waals surface area contributed by atoms with Crippen LogP contribution in [0.5, 0.6) is 5.75 Å². The molecule has 0 aromatic heterocycles. The standard InChI is InChI=1S/C16H22N2O/c1-19-12-4-2-3-11(8-12)16(18-17)15-13-9-5-6-10(7-9)14(13)15/h2-4,8-10,13-16,18H,5-7,17H2,1H3. The Morgan fingerprint density at radius 3 is 2.63 bits per heavy atom. The topological polar surface area (TPSA) is 47.3 Å². The van der Waals surface area contributed by atoms with Gasteiger partial charge in [0, 0.05) is 6.04 Å². The van der Waals surface area contributed by atoms with Gasteiger partial charge in [0.2, 0.25) is 0 Å². The first-order valence-corrected chi connectivity index (χ1v) is 7.43. The van der Waals surface area contributed by atoms with Crippen LogP contribution in [0.1, 0.15) is 30.9 Å². The van der Waals surface area contributed by atoms with Crippen LogP contribution in [0.25, 0.3) is 0 Å². The Balaban J connectivity index is 1.59. The highest BCUT2D eigenvalue weighted by molar-refractivity contribution is 5.33. The Morgan fingerprint density at radius 1 is 1.26 bits per heavy atom. The zero-order valence-corrected chi connectivity index (χ0v) is 11.4. The lowest BCUT2D eigenvalue weighted by Crippen LogP contribution is -2.31. The van der Waals surface area contributed by atoms with E-state index in [2.05, 4.69) is 23.6 Å². The Morgan fingerprint density at radius 2 is 2.00 bits per heavy atom. The maximum absolute atomic E-state index is 5.86. The van der Waals surface area contributed by atoms with Crippen molar-refractivity contribution < 1.29 is 4.74 Å². The molecule has 1 aromatic rings. The van der Waals surface area contributed by atoms with Crippen molar-refractivity contribution in [3.63, 3.8) is 0 Å². The van der Waals surface area contributed by atoms with Crippen LogP contribution < -0.4 is 16.0 Å². The quantitative estimate of drug-likeness (QED) is 0.644. The maximum Gasteiger partial charge on any atom is 0.119 e. The van der Waals surface area contributed by atoms with E-state index in [0.29, 0.717) is 6.04 Å². The van der Waals surface area contributed by atoms with E-state index in [0.717, 1.165) is 35.3 Å². The summed E-state index contributed by atoms with van der Waals surface area (Å²) in [7, 11) is 1.72. The fourth-order valence-corrected chi connectivity index (χ4v) is 5.10. The van der Waals surface area contributed by atoms with Crippen molar-refractivity contribution in [2.24, 2.45) is 35.4 Å². The summed E-state index contributed by atoms with van der Waals surface area (Å²) in [5.74, 6) is 11.4. The van der Waals surface area contributed by atoms with E-state index in [4.69, 9.17) is 10.6 Å². The Hall–Kier alpha value is -1.06. The second-order valence-electron chi connectivity index (χ2n) is 6.49. The smallest absolute Gasteiger partial charge is 0.119 e. The molecule has 0 radical (unpaired) electrons. The Kier molecular flexibility index (Phi) is 2.61.